The first-order valence-corrected chi connectivity index (χ1v) is 15.4. The van der Waals surface area contributed by atoms with Crippen molar-refractivity contribution >= 4 is 41.0 Å². The summed E-state index contributed by atoms with van der Waals surface area (Å²) in [6, 6.07) is 15.1. The fraction of sp³-hybridized carbons (Fsp3) is 0.406. The first-order chi connectivity index (χ1) is 21.1. The number of likely N-dealkylation sites (tertiary alicyclic amines) is 1. The summed E-state index contributed by atoms with van der Waals surface area (Å²) in [6.07, 6.45) is 0.779. The number of pyridine rings is 1. The molecule has 2 atom stereocenters. The van der Waals surface area contributed by atoms with E-state index in [0.717, 1.165) is 55.7 Å². The van der Waals surface area contributed by atoms with E-state index in [2.05, 4.69) is 21.3 Å². The number of amides is 2. The van der Waals surface area contributed by atoms with Crippen LogP contribution in [0.1, 0.15) is 31.7 Å². The molecule has 1 aromatic heterocycles. The Kier molecular flexibility index (Phi) is 10.5. The highest BCUT2D eigenvalue weighted by Crippen LogP contribution is 2.34. The molecule has 3 heterocycles. The van der Waals surface area contributed by atoms with E-state index in [4.69, 9.17) is 38.4 Å². The van der Waals surface area contributed by atoms with Gasteiger partial charge in [0, 0.05) is 43.0 Å². The van der Waals surface area contributed by atoms with E-state index in [0.29, 0.717) is 46.2 Å². The molecule has 2 amide bonds. The third-order valence-corrected chi connectivity index (χ3v) is 8.38. The minimum Gasteiger partial charge on any atom is -0.456 e. The molecule has 2 saturated heterocycles. The third kappa shape index (κ3) is 8.74. The van der Waals surface area contributed by atoms with Gasteiger partial charge < -0.3 is 25.4 Å². The van der Waals surface area contributed by atoms with Gasteiger partial charge >= 0.3 is 6.09 Å². The summed E-state index contributed by atoms with van der Waals surface area (Å²) in [7, 11) is 0. The number of primary amides is 1. The lowest BCUT2D eigenvalue weighted by molar-refractivity contribution is -0.119. The molecular weight excluding hydrogens is 608 g/mol. The maximum atomic E-state index is 14.6. The number of aromatic nitrogens is 1. The first kappa shape index (κ1) is 31.8. The summed E-state index contributed by atoms with van der Waals surface area (Å²) in [5.41, 5.74) is 7.92. The van der Waals surface area contributed by atoms with Gasteiger partial charge in [-0.2, -0.15) is 0 Å². The number of rotatable bonds is 9. The van der Waals surface area contributed by atoms with Crippen LogP contribution < -0.4 is 20.7 Å². The molecule has 0 aliphatic carbocycles. The second kappa shape index (κ2) is 14.5. The molecule has 44 heavy (non-hydrogen) atoms. The van der Waals surface area contributed by atoms with E-state index >= 15 is 0 Å². The van der Waals surface area contributed by atoms with Crippen molar-refractivity contribution in [2.45, 2.75) is 45.0 Å². The molecule has 0 bridgehead atoms. The molecule has 9 nitrogen and oxygen atoms in total. The van der Waals surface area contributed by atoms with Crippen molar-refractivity contribution in [2.24, 2.45) is 11.7 Å². The lowest BCUT2D eigenvalue weighted by Crippen LogP contribution is -2.47. The van der Waals surface area contributed by atoms with Crippen molar-refractivity contribution in [3.63, 3.8) is 0 Å². The number of ether oxygens (including phenoxy) is 2. The lowest BCUT2D eigenvalue weighted by atomic mass is 9.96. The summed E-state index contributed by atoms with van der Waals surface area (Å²) in [4.78, 5) is 31.0. The third-order valence-electron chi connectivity index (χ3n) is 7.94. The molecule has 5 rings (SSSR count). The van der Waals surface area contributed by atoms with Gasteiger partial charge in [-0.3, -0.25) is 9.69 Å². The fourth-order valence-electron chi connectivity index (χ4n) is 5.72. The van der Waals surface area contributed by atoms with Crippen LogP contribution in [0.4, 0.5) is 15.0 Å². The van der Waals surface area contributed by atoms with Gasteiger partial charge in [0.25, 0.3) is 0 Å². The van der Waals surface area contributed by atoms with E-state index < -0.39 is 18.4 Å². The van der Waals surface area contributed by atoms with Gasteiger partial charge in [-0.15, -0.1) is 0 Å². The van der Waals surface area contributed by atoms with Crippen molar-refractivity contribution in [1.82, 2.24) is 15.2 Å². The standard InChI is InChI=1S/C32H36Cl2FN5O4/c1-20(41)37-16-21-4-7-39(8-5-21)18-22-10-23(24-12-25(33)15-26(34)13-24)14-28(11-22)43-27-2-3-31(38-17-27)40-9-6-30(29(35)19-40)44-32(36)42/h2-3,10-15,17,21,29-30H,4-9,16,18-19H2,1H3,(H2,36,42)(H,37,41). The normalized spacial score (nSPS) is 19.4. The molecule has 2 aliphatic rings. The van der Waals surface area contributed by atoms with E-state index in [1.165, 1.54) is 0 Å². The zero-order valence-electron chi connectivity index (χ0n) is 24.5. The van der Waals surface area contributed by atoms with Crippen LogP contribution in [0.3, 0.4) is 0 Å². The zero-order valence-corrected chi connectivity index (χ0v) is 26.0. The molecule has 0 spiro atoms. The molecule has 234 valence electrons. The van der Waals surface area contributed by atoms with Gasteiger partial charge in [-0.05, 0) is 97.1 Å². The summed E-state index contributed by atoms with van der Waals surface area (Å²) in [5.74, 6) is 2.26. The van der Waals surface area contributed by atoms with Crippen molar-refractivity contribution in [3.8, 4) is 22.6 Å². The zero-order chi connectivity index (χ0) is 31.2. The van der Waals surface area contributed by atoms with Gasteiger partial charge in [0.1, 0.15) is 23.4 Å². The van der Waals surface area contributed by atoms with Crippen LogP contribution in [0.25, 0.3) is 11.1 Å². The Labute approximate surface area is 266 Å². The molecule has 2 unspecified atom stereocenters. The van der Waals surface area contributed by atoms with E-state index in [1.54, 1.807) is 36.2 Å². The highest BCUT2D eigenvalue weighted by Gasteiger charge is 2.32. The van der Waals surface area contributed by atoms with Crippen LogP contribution in [0.5, 0.6) is 11.5 Å². The molecule has 12 heteroatoms. The molecule has 3 N–H and O–H groups in total. The van der Waals surface area contributed by atoms with E-state index in [1.807, 2.05) is 24.3 Å². The number of hydrogen-bond acceptors (Lipinski definition) is 7. The van der Waals surface area contributed by atoms with Crippen molar-refractivity contribution in [2.75, 3.05) is 37.6 Å². The Morgan fingerprint density at radius 1 is 1.00 bits per heavy atom. The Balaban J connectivity index is 1.30. The van der Waals surface area contributed by atoms with Crippen molar-refractivity contribution in [3.05, 3.63) is 70.3 Å². The average Bonchev–Trinajstić information content (AvgIpc) is 2.97. The van der Waals surface area contributed by atoms with Gasteiger partial charge in [0.15, 0.2) is 6.17 Å². The quantitative estimate of drug-likeness (QED) is 0.285. The number of nitrogens with two attached hydrogens (primary N) is 1. The summed E-state index contributed by atoms with van der Waals surface area (Å²) in [6.45, 7) is 5.40. The highest BCUT2D eigenvalue weighted by atomic mass is 35.5. The fourth-order valence-corrected chi connectivity index (χ4v) is 6.25. The SMILES string of the molecule is CC(=O)NCC1CCN(Cc2cc(Oc3ccc(N4CCC(OC(N)=O)C(F)C4)nc3)cc(-c3cc(Cl)cc(Cl)c3)c2)CC1. The number of benzene rings is 2. The number of carbonyl (C=O) groups is 2. The number of nitrogens with zero attached hydrogens (tertiary/aromatic N) is 3. The van der Waals surface area contributed by atoms with Crippen LogP contribution in [0.15, 0.2) is 54.7 Å². The predicted octanol–water partition coefficient (Wildman–Crippen LogP) is 6.21. The Morgan fingerprint density at radius 2 is 1.73 bits per heavy atom. The summed E-state index contributed by atoms with van der Waals surface area (Å²) in [5, 5.41) is 4.02. The molecule has 2 aliphatic heterocycles. The van der Waals surface area contributed by atoms with Crippen LogP contribution >= 0.6 is 23.2 Å². The number of carbonyl (C=O) groups excluding carboxylic acids is 2. The molecule has 2 fully saturated rings. The minimum absolute atomic E-state index is 0.00735. The van der Waals surface area contributed by atoms with Crippen LogP contribution in [0.2, 0.25) is 10.0 Å². The Bertz CT molecular complexity index is 1450. The monoisotopic (exact) mass is 643 g/mol. The van der Waals surface area contributed by atoms with E-state index in [9.17, 15) is 14.0 Å². The van der Waals surface area contributed by atoms with Gasteiger partial charge in [-0.25, -0.2) is 14.2 Å². The largest absolute Gasteiger partial charge is 0.456 e. The van der Waals surface area contributed by atoms with Gasteiger partial charge in [0.2, 0.25) is 5.91 Å². The number of hydrogen-bond donors (Lipinski definition) is 2. The average molecular weight is 645 g/mol. The predicted molar refractivity (Wildman–Crippen MR) is 169 cm³/mol. The molecular formula is C32H36Cl2FN5O4. The number of nitrogens with one attached hydrogen (secondary N) is 1. The summed E-state index contributed by atoms with van der Waals surface area (Å²) >= 11 is 12.7. The molecule has 3 aromatic rings. The lowest BCUT2D eigenvalue weighted by Gasteiger charge is -2.34. The van der Waals surface area contributed by atoms with Crippen molar-refractivity contribution < 1.29 is 23.5 Å². The second-order valence-electron chi connectivity index (χ2n) is 11.4. The van der Waals surface area contributed by atoms with Crippen molar-refractivity contribution in [1.29, 1.82) is 0 Å². The smallest absolute Gasteiger partial charge is 0.404 e. The topological polar surface area (TPSA) is 110 Å². The first-order valence-electron chi connectivity index (χ1n) is 14.7. The van der Waals surface area contributed by atoms with Gasteiger partial charge in [0.05, 0.1) is 12.7 Å². The summed E-state index contributed by atoms with van der Waals surface area (Å²) < 4.78 is 25.7. The molecule has 0 saturated carbocycles. The van der Waals surface area contributed by atoms with Crippen LogP contribution in [-0.2, 0) is 16.1 Å². The second-order valence-corrected chi connectivity index (χ2v) is 12.2. The highest BCUT2D eigenvalue weighted by molar-refractivity contribution is 6.35. The number of halogens is 3. The van der Waals surface area contributed by atoms with E-state index in [-0.39, 0.29) is 12.5 Å². The molecule has 2 aromatic carbocycles. The van der Waals surface area contributed by atoms with Crippen LogP contribution in [0, 0.1) is 5.92 Å². The minimum atomic E-state index is -1.36. The Hall–Kier alpha value is -3.60. The number of alkyl halides is 1. The maximum Gasteiger partial charge on any atom is 0.404 e. The Morgan fingerprint density at radius 3 is 2.36 bits per heavy atom. The number of piperidine rings is 2. The number of anilines is 1. The molecule has 0 radical (unpaired) electrons. The maximum absolute atomic E-state index is 14.6. The van der Waals surface area contributed by atoms with Crippen LogP contribution in [-0.4, -0.2) is 66.9 Å². The van der Waals surface area contributed by atoms with Gasteiger partial charge in [-0.1, -0.05) is 23.2 Å².